The average Bonchev–Trinajstić information content (AvgIpc) is 2.28. The molecule has 0 saturated heterocycles. The van der Waals surface area contributed by atoms with Crippen molar-refractivity contribution in [2.45, 2.75) is 4.90 Å². The van der Waals surface area contributed by atoms with E-state index in [2.05, 4.69) is 21.0 Å². The third-order valence-electron chi connectivity index (χ3n) is 1.26. The van der Waals surface area contributed by atoms with Crippen molar-refractivity contribution in [2.24, 2.45) is 0 Å². The zero-order valence-corrected chi connectivity index (χ0v) is 7.98. The number of benzene rings is 1. The lowest BCUT2D eigenvalue weighted by Gasteiger charge is -2.01. The van der Waals surface area contributed by atoms with E-state index in [1.165, 1.54) is 22.7 Å². The van der Waals surface area contributed by atoms with E-state index in [1.807, 2.05) is 12.1 Å². The van der Waals surface area contributed by atoms with Crippen LogP contribution in [0.4, 0.5) is 5.69 Å². The summed E-state index contributed by atoms with van der Waals surface area (Å²) in [6, 6.07) is 8.25. The maximum Gasteiger partial charge on any atom is 0.0597 e. The third kappa shape index (κ3) is 1.79. The second-order valence-corrected chi connectivity index (χ2v) is 4.80. The minimum absolute atomic E-state index is 1.18. The van der Waals surface area contributed by atoms with Crippen LogP contribution in [-0.4, -0.2) is 0 Å². The Labute approximate surface area is 77.7 Å². The lowest BCUT2D eigenvalue weighted by atomic mass is 10.3. The van der Waals surface area contributed by atoms with Crippen molar-refractivity contribution in [1.29, 1.82) is 0 Å². The van der Waals surface area contributed by atoms with Gasteiger partial charge in [-0.3, -0.25) is 0 Å². The van der Waals surface area contributed by atoms with Crippen molar-refractivity contribution in [1.82, 2.24) is 4.13 Å². The number of hydrogen-bond donors (Lipinski definition) is 2. The summed E-state index contributed by atoms with van der Waals surface area (Å²) in [7, 11) is 3.36. The molecule has 2 nitrogen and oxygen atoms in total. The van der Waals surface area contributed by atoms with Crippen molar-refractivity contribution in [3.8, 4) is 0 Å². The van der Waals surface area contributed by atoms with Crippen molar-refractivity contribution in [3.63, 3.8) is 0 Å². The lowest BCUT2D eigenvalue weighted by Crippen LogP contribution is -1.91. The van der Waals surface area contributed by atoms with E-state index in [1.54, 1.807) is 21.8 Å². The molecule has 0 bridgehead atoms. The first kappa shape index (κ1) is 7.67. The molecule has 5 heteroatoms. The van der Waals surface area contributed by atoms with Gasteiger partial charge in [0.2, 0.25) is 0 Å². The van der Waals surface area contributed by atoms with E-state index in [0.29, 0.717) is 0 Å². The Hall–Kier alpha value is 0.0300. The molecule has 2 rings (SSSR count). The van der Waals surface area contributed by atoms with Crippen LogP contribution >= 0.6 is 33.9 Å². The normalized spacial score (nSPS) is 16.4. The van der Waals surface area contributed by atoms with Crippen LogP contribution in [-0.2, 0) is 0 Å². The van der Waals surface area contributed by atoms with Gasteiger partial charge in [-0.05, 0) is 22.9 Å². The van der Waals surface area contributed by atoms with Crippen molar-refractivity contribution in [3.05, 3.63) is 24.3 Å². The van der Waals surface area contributed by atoms with Gasteiger partial charge in [0, 0.05) is 28.0 Å². The fourth-order valence-electron chi connectivity index (χ4n) is 0.778. The SMILES string of the molecule is c1ccc2c(c1)NSNSS2. The smallest absolute Gasteiger partial charge is 0.0597 e. The van der Waals surface area contributed by atoms with Gasteiger partial charge in [-0.15, -0.1) is 0 Å². The fourth-order valence-corrected chi connectivity index (χ4v) is 3.32. The number of hydrogen-bond acceptors (Lipinski definition) is 5. The van der Waals surface area contributed by atoms with Crippen molar-refractivity contribution >= 4 is 39.6 Å². The highest BCUT2D eigenvalue weighted by atomic mass is 33.1. The monoisotopic (exact) mass is 202 g/mol. The predicted octanol–water partition coefficient (Wildman–Crippen LogP) is 2.92. The zero-order chi connectivity index (χ0) is 7.52. The summed E-state index contributed by atoms with van der Waals surface area (Å²) >= 11 is 1.50. The largest absolute Gasteiger partial charge is 0.315 e. The molecule has 1 aromatic rings. The molecule has 11 heavy (non-hydrogen) atoms. The van der Waals surface area contributed by atoms with Crippen LogP contribution in [0.15, 0.2) is 29.2 Å². The Balaban J connectivity index is 2.33. The van der Waals surface area contributed by atoms with Gasteiger partial charge in [-0.25, -0.2) is 0 Å². The maximum atomic E-state index is 3.19. The summed E-state index contributed by atoms with van der Waals surface area (Å²) in [5.41, 5.74) is 1.18. The van der Waals surface area contributed by atoms with E-state index in [0.717, 1.165) is 0 Å². The molecule has 0 saturated carbocycles. The van der Waals surface area contributed by atoms with E-state index in [4.69, 9.17) is 0 Å². The summed E-state index contributed by atoms with van der Waals surface area (Å²) in [6.45, 7) is 0. The van der Waals surface area contributed by atoms with E-state index < -0.39 is 0 Å². The molecule has 1 aliphatic rings. The molecular weight excluding hydrogens is 196 g/mol. The highest BCUT2D eigenvalue weighted by Gasteiger charge is 2.05. The van der Waals surface area contributed by atoms with Gasteiger partial charge in [0.25, 0.3) is 0 Å². The highest BCUT2D eigenvalue weighted by molar-refractivity contribution is 8.77. The summed E-state index contributed by atoms with van der Waals surface area (Å²) in [5, 5.41) is 0. The maximum absolute atomic E-state index is 3.19. The molecule has 0 atom stereocenters. The van der Waals surface area contributed by atoms with Gasteiger partial charge >= 0.3 is 0 Å². The molecule has 0 aromatic heterocycles. The van der Waals surface area contributed by atoms with Gasteiger partial charge in [0.1, 0.15) is 0 Å². The molecule has 1 heterocycles. The minimum atomic E-state index is 1.18. The number of rotatable bonds is 0. The summed E-state index contributed by atoms with van der Waals surface area (Å²) < 4.78 is 6.27. The first-order chi connectivity index (χ1) is 5.47. The first-order valence-electron chi connectivity index (χ1n) is 3.06. The van der Waals surface area contributed by atoms with E-state index in [-0.39, 0.29) is 0 Å². The predicted molar refractivity (Wildman–Crippen MR) is 54.2 cm³/mol. The zero-order valence-electron chi connectivity index (χ0n) is 5.53. The summed E-state index contributed by atoms with van der Waals surface area (Å²) in [5.74, 6) is 0. The quantitative estimate of drug-likeness (QED) is 0.498. The van der Waals surface area contributed by atoms with Crippen LogP contribution in [0.2, 0.25) is 0 Å². The minimum Gasteiger partial charge on any atom is -0.315 e. The van der Waals surface area contributed by atoms with Gasteiger partial charge in [-0.1, -0.05) is 12.1 Å². The standard InChI is InChI=1S/C6H6N2S3/c1-2-4-6-5(3-1)7-10-8-11-9-6/h1-4,7-8H. The van der Waals surface area contributed by atoms with E-state index in [9.17, 15) is 0 Å². The number of nitrogens with one attached hydrogen (secondary N) is 2. The lowest BCUT2D eigenvalue weighted by molar-refractivity contribution is 1.47. The van der Waals surface area contributed by atoms with Crippen molar-refractivity contribution < 1.29 is 0 Å². The fraction of sp³-hybridized carbons (Fsp3) is 0. The molecule has 0 amide bonds. The topological polar surface area (TPSA) is 24.1 Å². The Morgan fingerprint density at radius 3 is 3.09 bits per heavy atom. The molecule has 0 aliphatic carbocycles. The second kappa shape index (κ2) is 3.62. The van der Waals surface area contributed by atoms with Gasteiger partial charge < -0.3 is 4.72 Å². The Morgan fingerprint density at radius 2 is 2.09 bits per heavy atom. The number of anilines is 1. The molecule has 0 radical (unpaired) electrons. The second-order valence-electron chi connectivity index (χ2n) is 1.95. The van der Waals surface area contributed by atoms with Crippen LogP contribution in [0.1, 0.15) is 0 Å². The Kier molecular flexibility index (Phi) is 2.52. The van der Waals surface area contributed by atoms with Gasteiger partial charge in [-0.2, -0.15) is 4.13 Å². The molecular formula is C6H6N2S3. The molecule has 1 aromatic carbocycles. The summed E-state index contributed by atoms with van der Waals surface area (Å²) in [6.07, 6.45) is 0. The molecule has 0 unspecified atom stereocenters. The first-order valence-corrected chi connectivity index (χ1v) is 6.03. The van der Waals surface area contributed by atoms with Crippen LogP contribution in [0, 0.1) is 0 Å². The van der Waals surface area contributed by atoms with Gasteiger partial charge in [0.05, 0.1) is 5.69 Å². The Bertz CT molecular complexity index is 228. The highest BCUT2D eigenvalue weighted by Crippen LogP contribution is 2.38. The molecule has 1 aliphatic heterocycles. The van der Waals surface area contributed by atoms with E-state index >= 15 is 0 Å². The van der Waals surface area contributed by atoms with Crippen LogP contribution in [0.25, 0.3) is 0 Å². The molecule has 0 fully saturated rings. The number of para-hydroxylation sites is 1. The van der Waals surface area contributed by atoms with Crippen LogP contribution in [0.5, 0.6) is 0 Å². The van der Waals surface area contributed by atoms with Crippen LogP contribution in [0.3, 0.4) is 0 Å². The summed E-state index contributed by atoms with van der Waals surface area (Å²) in [4.78, 5) is 1.27. The molecule has 0 spiro atoms. The average molecular weight is 202 g/mol. The van der Waals surface area contributed by atoms with Crippen molar-refractivity contribution in [2.75, 3.05) is 4.72 Å². The molecule has 2 N–H and O–H groups in total. The third-order valence-corrected chi connectivity index (χ3v) is 4.20. The molecule has 58 valence electrons. The number of fused-ring (bicyclic) bond motifs is 1. The van der Waals surface area contributed by atoms with Crippen LogP contribution < -0.4 is 8.85 Å². The van der Waals surface area contributed by atoms with Gasteiger partial charge in [0.15, 0.2) is 0 Å². The Morgan fingerprint density at radius 1 is 1.18 bits per heavy atom.